The summed E-state index contributed by atoms with van der Waals surface area (Å²) in [6.07, 6.45) is 3.47. The van der Waals surface area contributed by atoms with Gasteiger partial charge in [-0.1, -0.05) is 72.8 Å². The third kappa shape index (κ3) is 8.93. The van der Waals surface area contributed by atoms with Crippen LogP contribution in [0.5, 0.6) is 46.0 Å². The van der Waals surface area contributed by atoms with E-state index in [1.54, 1.807) is 12.4 Å². The third-order valence-electron chi connectivity index (χ3n) is 10.4. The predicted octanol–water partition coefficient (Wildman–Crippen LogP) is 15.7. The van der Waals surface area contributed by atoms with Crippen molar-refractivity contribution in [1.29, 1.82) is 0 Å². The van der Waals surface area contributed by atoms with Gasteiger partial charge >= 0.3 is 0 Å². The standard InChI is InChI=1S/C56H40N4O4/c1-5-13-45(14-6-1)61-49-29-21-41(22-30-49)59(42-23-31-50(32-24-42)62-46-15-7-2-8-16-46)53-37-38-54(56-55(53)57-39-40-58-56)60(43-25-33-51(34-26-43)63-47-17-9-3-10-18-47)44-27-35-52(36-28-44)64-48-19-11-4-12-20-48/h1-40H. The molecule has 0 aliphatic carbocycles. The summed E-state index contributed by atoms with van der Waals surface area (Å²) >= 11 is 0. The Morgan fingerprint density at radius 2 is 0.453 bits per heavy atom. The van der Waals surface area contributed by atoms with Gasteiger partial charge in [0, 0.05) is 35.1 Å². The van der Waals surface area contributed by atoms with Crippen LogP contribution in [0, 0.1) is 0 Å². The van der Waals surface area contributed by atoms with Crippen molar-refractivity contribution in [3.05, 3.63) is 243 Å². The van der Waals surface area contributed by atoms with Crippen LogP contribution >= 0.6 is 0 Å². The normalized spacial score (nSPS) is 10.8. The first-order chi connectivity index (χ1) is 31.7. The number of aromatic nitrogens is 2. The molecule has 0 radical (unpaired) electrons. The zero-order chi connectivity index (χ0) is 42.9. The second-order valence-corrected chi connectivity index (χ2v) is 14.7. The van der Waals surface area contributed by atoms with Crippen molar-refractivity contribution >= 4 is 45.2 Å². The summed E-state index contributed by atoms with van der Waals surface area (Å²) < 4.78 is 24.8. The number of para-hydroxylation sites is 4. The van der Waals surface area contributed by atoms with E-state index in [9.17, 15) is 0 Å². The Bertz CT molecular complexity index is 2680. The van der Waals surface area contributed by atoms with Gasteiger partial charge in [-0.3, -0.25) is 9.97 Å². The van der Waals surface area contributed by atoms with Crippen molar-refractivity contribution in [1.82, 2.24) is 9.97 Å². The first-order valence-corrected chi connectivity index (χ1v) is 20.9. The molecule has 0 saturated heterocycles. The van der Waals surface area contributed by atoms with Crippen LogP contribution in [0.15, 0.2) is 243 Å². The maximum atomic E-state index is 6.19. The van der Waals surface area contributed by atoms with Crippen LogP contribution in [-0.4, -0.2) is 9.97 Å². The number of ether oxygens (including phenoxy) is 4. The number of nitrogens with zero attached hydrogens (tertiary/aromatic N) is 4. The fourth-order valence-electron chi connectivity index (χ4n) is 7.40. The molecule has 0 saturated carbocycles. The molecule has 0 aliphatic rings. The molecule has 9 aromatic carbocycles. The summed E-state index contributed by atoms with van der Waals surface area (Å²) in [5.41, 5.74) is 6.67. The van der Waals surface area contributed by atoms with Gasteiger partial charge in [0.2, 0.25) is 0 Å². The van der Waals surface area contributed by atoms with E-state index in [1.807, 2.05) is 218 Å². The first-order valence-electron chi connectivity index (χ1n) is 20.9. The van der Waals surface area contributed by atoms with Crippen LogP contribution in [0.2, 0.25) is 0 Å². The molecule has 0 amide bonds. The van der Waals surface area contributed by atoms with Gasteiger partial charge in [-0.05, 0) is 158 Å². The van der Waals surface area contributed by atoms with Gasteiger partial charge in [0.05, 0.1) is 11.4 Å². The van der Waals surface area contributed by atoms with E-state index in [0.29, 0.717) is 11.0 Å². The number of hydrogen-bond acceptors (Lipinski definition) is 8. The highest BCUT2D eigenvalue weighted by atomic mass is 16.5. The molecule has 0 N–H and O–H groups in total. The molecule has 0 spiro atoms. The molecule has 8 heteroatoms. The molecule has 0 unspecified atom stereocenters. The van der Waals surface area contributed by atoms with Gasteiger partial charge in [-0.2, -0.15) is 0 Å². The molecule has 64 heavy (non-hydrogen) atoms. The van der Waals surface area contributed by atoms with Crippen molar-refractivity contribution in [3.63, 3.8) is 0 Å². The summed E-state index contributed by atoms with van der Waals surface area (Å²) in [6.45, 7) is 0. The zero-order valence-corrected chi connectivity index (χ0v) is 34.5. The van der Waals surface area contributed by atoms with Gasteiger partial charge in [-0.25, -0.2) is 0 Å². The number of benzene rings is 9. The van der Waals surface area contributed by atoms with E-state index in [2.05, 4.69) is 21.9 Å². The second-order valence-electron chi connectivity index (χ2n) is 14.7. The molecule has 0 bridgehead atoms. The molecule has 1 aromatic heterocycles. The van der Waals surface area contributed by atoms with Crippen molar-refractivity contribution in [2.45, 2.75) is 0 Å². The number of fused-ring (bicyclic) bond motifs is 1. The van der Waals surface area contributed by atoms with E-state index >= 15 is 0 Å². The van der Waals surface area contributed by atoms with Gasteiger partial charge in [0.25, 0.3) is 0 Å². The minimum Gasteiger partial charge on any atom is -0.457 e. The minimum atomic E-state index is 0.701. The van der Waals surface area contributed by atoms with Crippen molar-refractivity contribution in [3.8, 4) is 46.0 Å². The van der Waals surface area contributed by atoms with E-state index in [0.717, 1.165) is 80.1 Å². The van der Waals surface area contributed by atoms with Crippen LogP contribution < -0.4 is 28.7 Å². The van der Waals surface area contributed by atoms with Crippen LogP contribution in [0.4, 0.5) is 34.1 Å². The van der Waals surface area contributed by atoms with Crippen molar-refractivity contribution < 1.29 is 18.9 Å². The lowest BCUT2D eigenvalue weighted by atomic mass is 10.1. The summed E-state index contributed by atoms with van der Waals surface area (Å²) in [5, 5.41) is 0. The van der Waals surface area contributed by atoms with E-state index in [4.69, 9.17) is 28.9 Å². The summed E-state index contributed by atoms with van der Waals surface area (Å²) in [4.78, 5) is 14.4. The Labute approximate surface area is 371 Å². The molecule has 8 nitrogen and oxygen atoms in total. The number of rotatable bonds is 14. The lowest BCUT2D eigenvalue weighted by molar-refractivity contribution is 0.482. The quantitative estimate of drug-likeness (QED) is 0.107. The first kappa shape index (κ1) is 39.3. The Balaban J connectivity index is 1.06. The molecule has 0 atom stereocenters. The van der Waals surface area contributed by atoms with Gasteiger partial charge in [0.1, 0.15) is 57.0 Å². The van der Waals surface area contributed by atoms with E-state index in [-0.39, 0.29) is 0 Å². The highest BCUT2D eigenvalue weighted by Crippen LogP contribution is 2.45. The lowest BCUT2D eigenvalue weighted by Crippen LogP contribution is -2.14. The second kappa shape index (κ2) is 18.4. The fourth-order valence-corrected chi connectivity index (χ4v) is 7.40. The van der Waals surface area contributed by atoms with E-state index < -0.39 is 0 Å². The monoisotopic (exact) mass is 832 g/mol. The SMILES string of the molecule is c1ccc(Oc2ccc(N(c3ccc(Oc4ccccc4)cc3)c3ccc(N(c4ccc(Oc5ccccc5)cc4)c4ccc(Oc5ccccc5)cc4)c4nccnc34)cc2)cc1. The van der Waals surface area contributed by atoms with Crippen LogP contribution in [0.25, 0.3) is 11.0 Å². The molecular formula is C56H40N4O4. The third-order valence-corrected chi connectivity index (χ3v) is 10.4. The summed E-state index contributed by atoms with van der Waals surface area (Å²) in [6, 6.07) is 75.4. The molecule has 0 aliphatic heterocycles. The molecule has 10 rings (SSSR count). The molecule has 10 aromatic rings. The number of anilines is 6. The zero-order valence-electron chi connectivity index (χ0n) is 34.5. The summed E-state index contributed by atoms with van der Waals surface area (Å²) in [7, 11) is 0. The maximum absolute atomic E-state index is 6.19. The number of hydrogen-bond donors (Lipinski definition) is 0. The Kier molecular flexibility index (Phi) is 11.3. The van der Waals surface area contributed by atoms with Crippen LogP contribution in [0.1, 0.15) is 0 Å². The molecular weight excluding hydrogens is 793 g/mol. The lowest BCUT2D eigenvalue weighted by Gasteiger charge is -2.30. The fraction of sp³-hybridized carbons (Fsp3) is 0. The Morgan fingerprint density at radius 3 is 0.688 bits per heavy atom. The Morgan fingerprint density at radius 1 is 0.234 bits per heavy atom. The van der Waals surface area contributed by atoms with Crippen LogP contribution in [0.3, 0.4) is 0 Å². The predicted molar refractivity (Wildman–Crippen MR) is 255 cm³/mol. The largest absolute Gasteiger partial charge is 0.457 e. The molecule has 0 fully saturated rings. The van der Waals surface area contributed by atoms with E-state index in [1.165, 1.54) is 0 Å². The average molecular weight is 833 g/mol. The molecule has 1 heterocycles. The highest BCUT2D eigenvalue weighted by Gasteiger charge is 2.23. The highest BCUT2D eigenvalue weighted by molar-refractivity contribution is 6.03. The maximum Gasteiger partial charge on any atom is 0.127 e. The van der Waals surface area contributed by atoms with Gasteiger partial charge < -0.3 is 28.7 Å². The topological polar surface area (TPSA) is 69.2 Å². The molecule has 308 valence electrons. The van der Waals surface area contributed by atoms with Gasteiger partial charge in [0.15, 0.2) is 0 Å². The van der Waals surface area contributed by atoms with Gasteiger partial charge in [-0.15, -0.1) is 0 Å². The van der Waals surface area contributed by atoms with Crippen LogP contribution in [-0.2, 0) is 0 Å². The van der Waals surface area contributed by atoms with Crippen molar-refractivity contribution in [2.24, 2.45) is 0 Å². The minimum absolute atomic E-state index is 0.701. The Hall–Kier alpha value is -8.88. The summed E-state index contributed by atoms with van der Waals surface area (Å²) in [5.74, 6) is 5.93. The average Bonchev–Trinajstić information content (AvgIpc) is 3.35. The van der Waals surface area contributed by atoms with Crippen molar-refractivity contribution in [2.75, 3.05) is 9.80 Å². The smallest absolute Gasteiger partial charge is 0.127 e.